The predicted octanol–water partition coefficient (Wildman–Crippen LogP) is 5.99. The first-order valence-corrected chi connectivity index (χ1v) is 17.6. The molecule has 0 radical (unpaired) electrons. The van der Waals surface area contributed by atoms with Crippen LogP contribution in [-0.4, -0.2) is 70.7 Å². The Hall–Kier alpha value is -5.14. The number of amides is 1. The van der Waals surface area contributed by atoms with Crippen molar-refractivity contribution in [2.45, 2.75) is 57.3 Å². The number of rotatable bonds is 14. The van der Waals surface area contributed by atoms with Gasteiger partial charge in [0.1, 0.15) is 0 Å². The van der Waals surface area contributed by atoms with Crippen LogP contribution in [0.1, 0.15) is 60.3 Å². The van der Waals surface area contributed by atoms with Crippen LogP contribution in [0, 0.1) is 10.1 Å². The van der Waals surface area contributed by atoms with Crippen molar-refractivity contribution in [1.29, 1.82) is 0 Å². The lowest BCUT2D eigenvalue weighted by atomic mass is 9.98. The zero-order valence-electron chi connectivity index (χ0n) is 28.9. The number of carboxylic acid groups (broad SMARTS) is 1. The molecule has 0 aromatic heterocycles. The van der Waals surface area contributed by atoms with E-state index in [1.165, 1.54) is 0 Å². The zero-order chi connectivity index (χ0) is 36.5. The van der Waals surface area contributed by atoms with Crippen molar-refractivity contribution in [1.82, 2.24) is 10.2 Å². The molecule has 0 bridgehead atoms. The number of anilines is 1. The van der Waals surface area contributed by atoms with E-state index in [0.29, 0.717) is 19.4 Å². The van der Waals surface area contributed by atoms with E-state index in [0.717, 1.165) is 71.8 Å². The van der Waals surface area contributed by atoms with Crippen LogP contribution in [0.5, 0.6) is 0 Å². The first-order chi connectivity index (χ1) is 25.2. The molecule has 0 saturated carbocycles. The van der Waals surface area contributed by atoms with Crippen molar-refractivity contribution in [3.63, 3.8) is 0 Å². The summed E-state index contributed by atoms with van der Waals surface area (Å²) in [7, 11) is 0. The number of carboxylic acids is 1. The highest BCUT2D eigenvalue weighted by Crippen LogP contribution is 2.39. The number of nitrogens with zero attached hydrogens (tertiary/aromatic N) is 3. The summed E-state index contributed by atoms with van der Waals surface area (Å²) in [5, 5.41) is 32.3. The van der Waals surface area contributed by atoms with Gasteiger partial charge in [-0.2, -0.15) is 0 Å². The minimum absolute atomic E-state index is 0.0233. The number of nitro benzene ring substituents is 1. The summed E-state index contributed by atoms with van der Waals surface area (Å²) in [6.07, 6.45) is 0.257. The molecule has 4 aromatic carbocycles. The average molecular weight is 709 g/mol. The van der Waals surface area contributed by atoms with Crippen molar-refractivity contribution in [3.05, 3.63) is 129 Å². The smallest absolute Gasteiger partial charge is 0.303 e. The quantitative estimate of drug-likeness (QED) is 0.105. The lowest BCUT2D eigenvalue weighted by Gasteiger charge is -2.41. The fourth-order valence-electron chi connectivity index (χ4n) is 6.68. The van der Waals surface area contributed by atoms with Gasteiger partial charge in [0.25, 0.3) is 5.69 Å². The molecule has 2 aliphatic heterocycles. The van der Waals surface area contributed by atoms with Crippen LogP contribution in [0.15, 0.2) is 97.1 Å². The lowest BCUT2D eigenvalue weighted by Crippen LogP contribution is -2.49. The van der Waals surface area contributed by atoms with Crippen LogP contribution >= 0.6 is 0 Å². The Morgan fingerprint density at radius 1 is 0.827 bits per heavy atom. The Morgan fingerprint density at radius 3 is 2.21 bits per heavy atom. The van der Waals surface area contributed by atoms with E-state index in [1.807, 2.05) is 84.9 Å². The highest BCUT2D eigenvalue weighted by atomic mass is 16.7. The molecule has 2 fully saturated rings. The topological polar surface area (TPSA) is 155 Å². The van der Waals surface area contributed by atoms with Crippen molar-refractivity contribution >= 4 is 23.3 Å². The molecular weight excluding hydrogens is 664 g/mol. The maximum Gasteiger partial charge on any atom is 0.303 e. The van der Waals surface area contributed by atoms with Gasteiger partial charge >= 0.3 is 5.97 Å². The molecule has 52 heavy (non-hydrogen) atoms. The van der Waals surface area contributed by atoms with Crippen LogP contribution in [0.4, 0.5) is 11.4 Å². The van der Waals surface area contributed by atoms with Crippen LogP contribution in [0.2, 0.25) is 0 Å². The number of hydrogen-bond acceptors (Lipinski definition) is 9. The van der Waals surface area contributed by atoms with E-state index in [2.05, 4.69) is 15.1 Å². The number of carbonyl (C=O) groups excluding carboxylic acids is 1. The number of hydrogen-bond donors (Lipinski definition) is 3. The Bertz CT molecular complexity index is 1810. The number of carbonyl (C=O) groups is 2. The summed E-state index contributed by atoms with van der Waals surface area (Å²) < 4.78 is 13.2. The van der Waals surface area contributed by atoms with Gasteiger partial charge in [0.05, 0.1) is 23.7 Å². The Kier molecular flexibility index (Phi) is 12.3. The van der Waals surface area contributed by atoms with Gasteiger partial charge in [-0.1, -0.05) is 66.7 Å². The molecule has 2 aliphatic rings. The molecule has 6 rings (SSSR count). The predicted molar refractivity (Wildman–Crippen MR) is 195 cm³/mol. The third-order valence-electron chi connectivity index (χ3n) is 9.60. The number of aliphatic hydroxyl groups excluding tert-OH is 1. The molecule has 3 atom stereocenters. The molecule has 0 aliphatic carbocycles. The van der Waals surface area contributed by atoms with Gasteiger partial charge in [0, 0.05) is 81.9 Å². The van der Waals surface area contributed by atoms with Gasteiger partial charge in [-0.3, -0.25) is 24.6 Å². The highest BCUT2D eigenvalue weighted by Gasteiger charge is 2.34. The summed E-state index contributed by atoms with van der Waals surface area (Å²) >= 11 is 0. The minimum atomic E-state index is -0.907. The van der Waals surface area contributed by atoms with Crippen LogP contribution in [0.3, 0.4) is 0 Å². The molecule has 12 nitrogen and oxygen atoms in total. The Morgan fingerprint density at radius 2 is 1.54 bits per heavy atom. The Balaban J connectivity index is 1.10. The second-order valence-electron chi connectivity index (χ2n) is 13.3. The summed E-state index contributed by atoms with van der Waals surface area (Å²) in [4.78, 5) is 38.2. The first-order valence-electron chi connectivity index (χ1n) is 17.6. The van der Waals surface area contributed by atoms with E-state index in [1.54, 1.807) is 12.1 Å². The van der Waals surface area contributed by atoms with Crippen molar-refractivity contribution in [3.8, 4) is 11.1 Å². The molecular formula is C40H44N4O8. The van der Waals surface area contributed by atoms with E-state index in [9.17, 15) is 24.8 Å². The molecule has 2 saturated heterocycles. The first kappa shape index (κ1) is 36.6. The van der Waals surface area contributed by atoms with E-state index < -0.39 is 12.3 Å². The zero-order valence-corrected chi connectivity index (χ0v) is 28.9. The van der Waals surface area contributed by atoms with Gasteiger partial charge in [-0.25, -0.2) is 0 Å². The van der Waals surface area contributed by atoms with Gasteiger partial charge in [-0.15, -0.1) is 0 Å². The van der Waals surface area contributed by atoms with E-state index in [-0.39, 0.29) is 48.2 Å². The molecule has 12 heteroatoms. The third-order valence-corrected chi connectivity index (χ3v) is 9.60. The number of nitro groups is 1. The SMILES string of the molecule is O=C(O)CCCC(=O)NCc1cccc(-c2ccc([C@@H]3O[C@H](CN4CCN(c5ccc([N+](=O)[O-])cc5)CC4)C[C@H](c4ccc(CO)cc4)O3)cc2)c1. The number of aliphatic carboxylic acids is 1. The average Bonchev–Trinajstić information content (AvgIpc) is 3.17. The Labute approximate surface area is 302 Å². The van der Waals surface area contributed by atoms with Crippen LogP contribution in [0.25, 0.3) is 11.1 Å². The minimum Gasteiger partial charge on any atom is -0.481 e. The number of piperazine rings is 1. The monoisotopic (exact) mass is 708 g/mol. The summed E-state index contributed by atoms with van der Waals surface area (Å²) in [5.41, 5.74) is 6.79. The van der Waals surface area contributed by atoms with Gasteiger partial charge < -0.3 is 29.9 Å². The van der Waals surface area contributed by atoms with Gasteiger partial charge in [-0.05, 0) is 52.4 Å². The summed E-state index contributed by atoms with van der Waals surface area (Å²) in [5.74, 6) is -1.08. The maximum atomic E-state index is 12.2. The summed E-state index contributed by atoms with van der Waals surface area (Å²) in [6, 6.07) is 30.6. The van der Waals surface area contributed by atoms with Crippen LogP contribution < -0.4 is 10.2 Å². The lowest BCUT2D eigenvalue weighted by molar-refractivity contribution is -0.384. The molecule has 272 valence electrons. The molecule has 1 amide bonds. The largest absolute Gasteiger partial charge is 0.481 e. The number of non-ortho nitro benzene ring substituents is 1. The number of ether oxygens (including phenoxy) is 2. The number of aliphatic hydroxyl groups is 1. The maximum absolute atomic E-state index is 12.2. The van der Waals surface area contributed by atoms with Gasteiger partial charge in [0.15, 0.2) is 6.29 Å². The van der Waals surface area contributed by atoms with Crippen LogP contribution in [-0.2, 0) is 32.2 Å². The van der Waals surface area contributed by atoms with Crippen molar-refractivity contribution in [2.24, 2.45) is 0 Å². The second-order valence-corrected chi connectivity index (χ2v) is 13.3. The highest BCUT2D eigenvalue weighted by molar-refractivity contribution is 5.76. The number of benzene rings is 4. The van der Waals surface area contributed by atoms with Gasteiger partial charge in [0.2, 0.25) is 5.91 Å². The van der Waals surface area contributed by atoms with Crippen molar-refractivity contribution < 1.29 is 34.2 Å². The van der Waals surface area contributed by atoms with E-state index >= 15 is 0 Å². The standard InChI is InChI=1S/C40H44N4O8/c45-27-28-7-9-31(10-8-28)37-24-36(26-42-19-21-43(22-20-42)34-15-17-35(18-16-34)44(49)50)51-40(52-37)32-13-11-30(12-14-32)33-4-1-3-29(23-33)25-41-38(46)5-2-6-39(47)48/h1,3-4,7-18,23,36-37,40,45H,2,5-6,19-22,24-27H2,(H,41,46)(H,47,48)/t36-,37+,40+/m0/s1. The fourth-order valence-corrected chi connectivity index (χ4v) is 6.68. The molecule has 4 aromatic rings. The molecule has 2 heterocycles. The van der Waals surface area contributed by atoms with Crippen molar-refractivity contribution in [2.75, 3.05) is 37.6 Å². The fraction of sp³-hybridized carbons (Fsp3) is 0.350. The molecule has 0 unspecified atom stereocenters. The molecule has 3 N–H and O–H groups in total. The van der Waals surface area contributed by atoms with E-state index in [4.69, 9.17) is 14.6 Å². The molecule has 0 spiro atoms. The summed E-state index contributed by atoms with van der Waals surface area (Å²) in [6.45, 7) is 4.35. The normalized spacial score (nSPS) is 19.2. The third kappa shape index (κ3) is 9.80. The number of nitrogens with one attached hydrogen (secondary N) is 1. The second kappa shape index (κ2) is 17.4.